The fourth-order valence-corrected chi connectivity index (χ4v) is 1.71. The number of hydrogen-bond donors (Lipinski definition) is 4. The molecule has 0 spiro atoms. The molecule has 0 aliphatic carbocycles. The number of hydrazine groups is 1. The van der Waals surface area contributed by atoms with E-state index in [9.17, 15) is 14.7 Å². The number of amides is 2. The van der Waals surface area contributed by atoms with Gasteiger partial charge in [-0.15, -0.1) is 0 Å². The monoisotopic (exact) mass is 343 g/mol. The maximum Gasteiger partial charge on any atom is 0.408 e. The Morgan fingerprint density at radius 3 is 2.26 bits per heavy atom. The number of carbonyl (C=O) groups is 2. The molecule has 128 valence electrons. The molecule has 0 saturated carbocycles. The molecule has 2 unspecified atom stereocenters. The van der Waals surface area contributed by atoms with Crippen LogP contribution in [0.25, 0.3) is 0 Å². The molecular weight excluding hydrogens is 322 g/mol. The largest absolute Gasteiger partial charge is 0.444 e. The molecule has 4 N–H and O–H groups in total. The lowest BCUT2D eigenvalue weighted by Gasteiger charge is -2.24. The summed E-state index contributed by atoms with van der Waals surface area (Å²) in [5, 5.41) is 12.6. The lowest BCUT2D eigenvalue weighted by Crippen LogP contribution is -2.54. The van der Waals surface area contributed by atoms with E-state index in [1.165, 1.54) is 6.92 Å². The Hall–Kier alpha value is -1.99. The van der Waals surface area contributed by atoms with Gasteiger partial charge in [-0.05, 0) is 52.0 Å². The van der Waals surface area contributed by atoms with Crippen molar-refractivity contribution < 1.29 is 19.4 Å². The first kappa shape index (κ1) is 19.1. The van der Waals surface area contributed by atoms with Gasteiger partial charge < -0.3 is 15.2 Å². The summed E-state index contributed by atoms with van der Waals surface area (Å²) >= 11 is 5.77. The average Bonchev–Trinajstić information content (AvgIpc) is 2.41. The number of anilines is 1. The molecule has 23 heavy (non-hydrogen) atoms. The maximum absolute atomic E-state index is 12.1. The summed E-state index contributed by atoms with van der Waals surface area (Å²) in [5.41, 5.74) is 4.97. The van der Waals surface area contributed by atoms with Crippen LogP contribution in [0.2, 0.25) is 5.02 Å². The molecule has 0 aromatic heterocycles. The Morgan fingerprint density at radius 2 is 1.78 bits per heavy atom. The minimum Gasteiger partial charge on any atom is -0.444 e. The van der Waals surface area contributed by atoms with Crippen molar-refractivity contribution in [2.75, 3.05) is 5.43 Å². The van der Waals surface area contributed by atoms with E-state index in [0.717, 1.165) is 0 Å². The first-order chi connectivity index (χ1) is 10.6. The summed E-state index contributed by atoms with van der Waals surface area (Å²) in [6, 6.07) is 5.48. The van der Waals surface area contributed by atoms with Gasteiger partial charge in [-0.2, -0.15) is 0 Å². The number of alkyl carbamates (subject to hydrolysis) is 1. The Morgan fingerprint density at radius 1 is 1.22 bits per heavy atom. The van der Waals surface area contributed by atoms with Crippen LogP contribution in [0, 0.1) is 0 Å². The predicted molar refractivity (Wildman–Crippen MR) is 88.1 cm³/mol. The molecule has 1 rings (SSSR count). The van der Waals surface area contributed by atoms with E-state index in [1.807, 2.05) is 0 Å². The highest BCUT2D eigenvalue weighted by Gasteiger charge is 2.28. The van der Waals surface area contributed by atoms with E-state index in [2.05, 4.69) is 16.2 Å². The van der Waals surface area contributed by atoms with Gasteiger partial charge in [-0.3, -0.25) is 15.6 Å². The number of rotatable bonds is 5. The van der Waals surface area contributed by atoms with Crippen LogP contribution in [-0.4, -0.2) is 34.9 Å². The molecule has 0 heterocycles. The Bertz CT molecular complexity index is 541. The van der Waals surface area contributed by atoms with Gasteiger partial charge in [0.25, 0.3) is 5.91 Å². The number of benzene rings is 1. The molecule has 7 nitrogen and oxygen atoms in total. The molecule has 0 aliphatic heterocycles. The van der Waals surface area contributed by atoms with Gasteiger partial charge in [-0.25, -0.2) is 4.79 Å². The number of ether oxygens (including phenoxy) is 1. The van der Waals surface area contributed by atoms with Gasteiger partial charge in [0, 0.05) is 5.02 Å². The highest BCUT2D eigenvalue weighted by atomic mass is 35.5. The number of halogens is 1. The van der Waals surface area contributed by atoms with Crippen molar-refractivity contribution in [3.05, 3.63) is 29.3 Å². The van der Waals surface area contributed by atoms with E-state index in [-0.39, 0.29) is 0 Å². The van der Waals surface area contributed by atoms with Gasteiger partial charge in [0.2, 0.25) is 0 Å². The van der Waals surface area contributed by atoms with Crippen molar-refractivity contribution in [3.63, 3.8) is 0 Å². The zero-order valence-corrected chi connectivity index (χ0v) is 14.3. The number of aliphatic hydroxyl groups is 1. The maximum atomic E-state index is 12.1. The van der Waals surface area contributed by atoms with Crippen LogP contribution in [0.4, 0.5) is 10.5 Å². The second-order valence-electron chi connectivity index (χ2n) is 5.99. The average molecular weight is 344 g/mol. The smallest absolute Gasteiger partial charge is 0.408 e. The summed E-state index contributed by atoms with van der Waals surface area (Å²) < 4.78 is 5.07. The van der Waals surface area contributed by atoms with E-state index in [4.69, 9.17) is 16.3 Å². The topological polar surface area (TPSA) is 99.7 Å². The SMILES string of the molecule is CC(O)C(NC(=O)OC(C)(C)C)C(=O)NNc1ccc(Cl)cc1. The zero-order chi connectivity index (χ0) is 17.6. The van der Waals surface area contributed by atoms with E-state index in [0.29, 0.717) is 10.7 Å². The van der Waals surface area contributed by atoms with Crippen LogP contribution in [0.15, 0.2) is 24.3 Å². The molecule has 1 aromatic rings. The number of aliphatic hydroxyl groups excluding tert-OH is 1. The van der Waals surface area contributed by atoms with Crippen LogP contribution in [-0.2, 0) is 9.53 Å². The molecule has 0 fully saturated rings. The standard InChI is InChI=1S/C15H22ClN3O4/c1-9(20)12(17-14(22)23-15(2,3)4)13(21)19-18-11-7-5-10(16)6-8-11/h5-9,12,18,20H,1-4H3,(H,17,22)(H,19,21). The quantitative estimate of drug-likeness (QED) is 0.613. The minimum atomic E-state index is -1.16. The Labute approximate surface area is 140 Å². The number of nitrogens with one attached hydrogen (secondary N) is 3. The van der Waals surface area contributed by atoms with Gasteiger partial charge >= 0.3 is 6.09 Å². The van der Waals surface area contributed by atoms with Crippen LogP contribution in [0.5, 0.6) is 0 Å². The van der Waals surface area contributed by atoms with Crippen molar-refractivity contribution in [2.45, 2.75) is 45.4 Å². The van der Waals surface area contributed by atoms with E-state index >= 15 is 0 Å². The molecule has 1 aromatic carbocycles. The van der Waals surface area contributed by atoms with Gasteiger partial charge in [-0.1, -0.05) is 11.6 Å². The van der Waals surface area contributed by atoms with Gasteiger partial charge in [0.1, 0.15) is 11.6 Å². The summed E-state index contributed by atoms with van der Waals surface area (Å²) in [6.07, 6.45) is -1.89. The molecule has 0 saturated heterocycles. The van der Waals surface area contributed by atoms with Crippen molar-refractivity contribution in [2.24, 2.45) is 0 Å². The second-order valence-corrected chi connectivity index (χ2v) is 6.42. The van der Waals surface area contributed by atoms with Crippen LogP contribution in [0.3, 0.4) is 0 Å². The van der Waals surface area contributed by atoms with Crippen LogP contribution in [0.1, 0.15) is 27.7 Å². The fourth-order valence-electron chi connectivity index (χ4n) is 1.58. The van der Waals surface area contributed by atoms with Crippen molar-refractivity contribution in [3.8, 4) is 0 Å². The first-order valence-corrected chi connectivity index (χ1v) is 7.45. The number of hydrogen-bond acceptors (Lipinski definition) is 5. The lowest BCUT2D eigenvalue weighted by molar-refractivity contribution is -0.125. The lowest BCUT2D eigenvalue weighted by atomic mass is 10.1. The van der Waals surface area contributed by atoms with Crippen molar-refractivity contribution >= 4 is 29.3 Å². The van der Waals surface area contributed by atoms with Gasteiger partial charge in [0.15, 0.2) is 0 Å². The molecule has 0 radical (unpaired) electrons. The van der Waals surface area contributed by atoms with Crippen molar-refractivity contribution in [1.29, 1.82) is 0 Å². The minimum absolute atomic E-state index is 0.565. The first-order valence-electron chi connectivity index (χ1n) is 7.07. The van der Waals surface area contributed by atoms with Gasteiger partial charge in [0.05, 0.1) is 11.8 Å². The molecular formula is C15H22ClN3O4. The highest BCUT2D eigenvalue weighted by molar-refractivity contribution is 6.30. The Balaban J connectivity index is 2.60. The predicted octanol–water partition coefficient (Wildman–Crippen LogP) is 2.06. The summed E-state index contributed by atoms with van der Waals surface area (Å²) in [7, 11) is 0. The molecule has 0 aliphatic rings. The third-order valence-corrected chi connectivity index (χ3v) is 2.86. The summed E-state index contributed by atoms with van der Waals surface area (Å²) in [5.74, 6) is -0.610. The Kier molecular flexibility index (Phi) is 6.65. The van der Waals surface area contributed by atoms with Crippen LogP contribution >= 0.6 is 11.6 Å². The van der Waals surface area contributed by atoms with E-state index < -0.39 is 29.7 Å². The molecule has 2 atom stereocenters. The van der Waals surface area contributed by atoms with Crippen molar-refractivity contribution in [1.82, 2.24) is 10.7 Å². The molecule has 8 heteroatoms. The third-order valence-electron chi connectivity index (χ3n) is 2.61. The van der Waals surface area contributed by atoms with Crippen LogP contribution < -0.4 is 16.2 Å². The number of carbonyl (C=O) groups excluding carboxylic acids is 2. The zero-order valence-electron chi connectivity index (χ0n) is 13.5. The normalized spacial score (nSPS) is 13.7. The second kappa shape index (κ2) is 8.03. The summed E-state index contributed by atoms with van der Waals surface area (Å²) in [6.45, 7) is 6.49. The van der Waals surface area contributed by atoms with E-state index in [1.54, 1.807) is 45.0 Å². The molecule has 0 bridgehead atoms. The third kappa shape index (κ3) is 7.21. The highest BCUT2D eigenvalue weighted by Crippen LogP contribution is 2.12. The molecule has 2 amide bonds. The fraction of sp³-hybridized carbons (Fsp3) is 0.467. The summed E-state index contributed by atoms with van der Waals surface area (Å²) in [4.78, 5) is 23.8.